The maximum Gasteiger partial charge on any atom is 0.0314 e. The molecule has 1 N–H and O–H groups in total. The molecule has 0 saturated heterocycles. The van der Waals surface area contributed by atoms with Gasteiger partial charge in [0.2, 0.25) is 0 Å². The molecule has 1 heterocycles. The highest BCUT2D eigenvalue weighted by Gasteiger charge is 2.12. The van der Waals surface area contributed by atoms with Crippen molar-refractivity contribution in [3.05, 3.63) is 20.8 Å². The molecule has 1 rings (SSSR count). The number of likely N-dealkylation sites (N-methyl/N-ethyl adjacent to an activating group) is 2. The average molecular weight is 291 g/mol. The molecule has 0 fully saturated rings. The van der Waals surface area contributed by atoms with Crippen LogP contribution >= 0.6 is 27.3 Å². The molecule has 0 bridgehead atoms. The zero-order chi connectivity index (χ0) is 11.3. The zero-order valence-electron chi connectivity index (χ0n) is 9.59. The summed E-state index contributed by atoms with van der Waals surface area (Å²) in [4.78, 5) is 3.66. The van der Waals surface area contributed by atoms with E-state index in [-0.39, 0.29) is 0 Å². The van der Waals surface area contributed by atoms with E-state index >= 15 is 0 Å². The van der Waals surface area contributed by atoms with Crippen LogP contribution in [0.4, 0.5) is 0 Å². The van der Waals surface area contributed by atoms with Crippen LogP contribution < -0.4 is 5.32 Å². The summed E-state index contributed by atoms with van der Waals surface area (Å²) in [6, 6.07) is 2.67. The Morgan fingerprint density at radius 3 is 2.73 bits per heavy atom. The molecular weight excluding hydrogens is 272 g/mol. The van der Waals surface area contributed by atoms with Crippen LogP contribution in [0.3, 0.4) is 0 Å². The number of thiophene rings is 1. The second-order valence-electron chi connectivity index (χ2n) is 3.91. The highest BCUT2D eigenvalue weighted by Crippen LogP contribution is 2.24. The van der Waals surface area contributed by atoms with E-state index in [4.69, 9.17) is 0 Å². The molecular formula is C11H19BrN2S. The molecule has 0 spiro atoms. The minimum atomic E-state index is 0.542. The van der Waals surface area contributed by atoms with Gasteiger partial charge in [0.05, 0.1) is 0 Å². The summed E-state index contributed by atoms with van der Waals surface area (Å²) in [6.07, 6.45) is 1.10. The molecule has 0 aliphatic heterocycles. The van der Waals surface area contributed by atoms with Crippen LogP contribution in [0.1, 0.15) is 11.8 Å². The van der Waals surface area contributed by atoms with Crippen molar-refractivity contribution in [2.75, 3.05) is 27.2 Å². The van der Waals surface area contributed by atoms with E-state index in [1.165, 1.54) is 9.35 Å². The van der Waals surface area contributed by atoms with Crippen molar-refractivity contribution >= 4 is 27.3 Å². The predicted octanol–water partition coefficient (Wildman–Crippen LogP) is 2.59. The number of nitrogens with one attached hydrogen (secondary N) is 1. The van der Waals surface area contributed by atoms with Crippen molar-refractivity contribution < 1.29 is 0 Å². The van der Waals surface area contributed by atoms with Gasteiger partial charge in [0.25, 0.3) is 0 Å². The molecule has 15 heavy (non-hydrogen) atoms. The third kappa shape index (κ3) is 4.64. The molecule has 2 nitrogen and oxygen atoms in total. The molecule has 0 aliphatic carbocycles. The molecule has 0 saturated carbocycles. The van der Waals surface area contributed by atoms with E-state index in [2.05, 4.69) is 58.6 Å². The Bertz CT molecular complexity index is 286. The highest BCUT2D eigenvalue weighted by molar-refractivity contribution is 9.10. The molecule has 0 aliphatic rings. The van der Waals surface area contributed by atoms with Crippen LogP contribution in [0.15, 0.2) is 15.9 Å². The van der Waals surface area contributed by atoms with Gasteiger partial charge in [-0.05, 0) is 54.4 Å². The SMILES string of the molecule is CCNC(Cc1sccc1Br)CN(C)C. The van der Waals surface area contributed by atoms with Crippen LogP contribution in [-0.2, 0) is 6.42 Å². The largest absolute Gasteiger partial charge is 0.313 e. The maximum atomic E-state index is 3.58. The lowest BCUT2D eigenvalue weighted by Crippen LogP contribution is -2.39. The van der Waals surface area contributed by atoms with E-state index in [1.54, 1.807) is 0 Å². The Kier molecular flexibility index (Phi) is 5.82. The van der Waals surface area contributed by atoms with Crippen molar-refractivity contribution in [3.63, 3.8) is 0 Å². The summed E-state index contributed by atoms with van der Waals surface area (Å²) in [7, 11) is 4.24. The second-order valence-corrected chi connectivity index (χ2v) is 5.77. The maximum absolute atomic E-state index is 3.58. The Morgan fingerprint density at radius 1 is 1.53 bits per heavy atom. The van der Waals surface area contributed by atoms with E-state index in [9.17, 15) is 0 Å². The van der Waals surface area contributed by atoms with Crippen LogP contribution in [0.25, 0.3) is 0 Å². The van der Waals surface area contributed by atoms with E-state index in [0.29, 0.717) is 6.04 Å². The number of hydrogen-bond acceptors (Lipinski definition) is 3. The third-order valence-electron chi connectivity index (χ3n) is 2.20. The van der Waals surface area contributed by atoms with Crippen molar-refractivity contribution in [1.29, 1.82) is 0 Å². The summed E-state index contributed by atoms with van der Waals surface area (Å²) in [6.45, 7) is 4.27. The number of halogens is 1. The molecule has 1 aromatic heterocycles. The highest BCUT2D eigenvalue weighted by atomic mass is 79.9. The van der Waals surface area contributed by atoms with Gasteiger partial charge in [-0.2, -0.15) is 0 Å². The van der Waals surface area contributed by atoms with Gasteiger partial charge in [0.1, 0.15) is 0 Å². The van der Waals surface area contributed by atoms with Crippen molar-refractivity contribution in [3.8, 4) is 0 Å². The smallest absolute Gasteiger partial charge is 0.0314 e. The quantitative estimate of drug-likeness (QED) is 0.866. The van der Waals surface area contributed by atoms with Gasteiger partial charge in [-0.15, -0.1) is 11.3 Å². The topological polar surface area (TPSA) is 15.3 Å². The zero-order valence-corrected chi connectivity index (χ0v) is 12.0. The average Bonchev–Trinajstić information content (AvgIpc) is 2.51. The minimum absolute atomic E-state index is 0.542. The summed E-state index contributed by atoms with van der Waals surface area (Å²) in [5.74, 6) is 0. The standard InChI is InChI=1S/C11H19BrN2S/c1-4-13-9(8-14(2)3)7-11-10(12)5-6-15-11/h5-6,9,13H,4,7-8H2,1-3H3. The molecule has 86 valence electrons. The van der Waals surface area contributed by atoms with E-state index < -0.39 is 0 Å². The van der Waals surface area contributed by atoms with Gasteiger partial charge in [0, 0.05) is 21.9 Å². The first-order valence-electron chi connectivity index (χ1n) is 5.23. The van der Waals surface area contributed by atoms with Crippen LogP contribution in [0, 0.1) is 0 Å². The number of hydrogen-bond donors (Lipinski definition) is 1. The molecule has 4 heteroatoms. The Labute approximate surface area is 105 Å². The fourth-order valence-corrected chi connectivity index (χ4v) is 3.22. The molecule has 1 atom stereocenters. The van der Waals surface area contributed by atoms with Crippen molar-refractivity contribution in [2.24, 2.45) is 0 Å². The summed E-state index contributed by atoms with van der Waals surface area (Å²) >= 11 is 5.41. The Balaban J connectivity index is 2.54. The van der Waals surface area contributed by atoms with Gasteiger partial charge >= 0.3 is 0 Å². The van der Waals surface area contributed by atoms with Crippen molar-refractivity contribution in [2.45, 2.75) is 19.4 Å². The van der Waals surface area contributed by atoms with Gasteiger partial charge < -0.3 is 10.2 Å². The first-order valence-corrected chi connectivity index (χ1v) is 6.90. The minimum Gasteiger partial charge on any atom is -0.313 e. The Morgan fingerprint density at radius 2 is 2.27 bits per heavy atom. The molecule has 1 unspecified atom stereocenters. The fourth-order valence-electron chi connectivity index (χ4n) is 1.63. The van der Waals surface area contributed by atoms with E-state index in [0.717, 1.165) is 19.5 Å². The first-order chi connectivity index (χ1) is 7.13. The molecule has 0 aromatic carbocycles. The molecule has 1 aromatic rings. The molecule has 0 radical (unpaired) electrons. The first kappa shape index (κ1) is 13.2. The van der Waals surface area contributed by atoms with Crippen LogP contribution in [0.5, 0.6) is 0 Å². The number of rotatable bonds is 6. The number of nitrogens with zero attached hydrogens (tertiary/aromatic N) is 1. The molecule has 0 amide bonds. The summed E-state index contributed by atoms with van der Waals surface area (Å²) in [5, 5.41) is 5.66. The van der Waals surface area contributed by atoms with Crippen molar-refractivity contribution in [1.82, 2.24) is 10.2 Å². The van der Waals surface area contributed by atoms with Gasteiger partial charge in [-0.3, -0.25) is 0 Å². The van der Waals surface area contributed by atoms with E-state index in [1.807, 2.05) is 11.3 Å². The van der Waals surface area contributed by atoms with Gasteiger partial charge in [0.15, 0.2) is 0 Å². The van der Waals surface area contributed by atoms with Crippen LogP contribution in [-0.4, -0.2) is 38.1 Å². The monoisotopic (exact) mass is 290 g/mol. The lowest BCUT2D eigenvalue weighted by atomic mass is 10.1. The van der Waals surface area contributed by atoms with Crippen LogP contribution in [0.2, 0.25) is 0 Å². The van der Waals surface area contributed by atoms with Gasteiger partial charge in [-0.25, -0.2) is 0 Å². The third-order valence-corrected chi connectivity index (χ3v) is 4.15. The normalized spacial score (nSPS) is 13.4. The second kappa shape index (κ2) is 6.63. The lowest BCUT2D eigenvalue weighted by molar-refractivity contribution is 0.339. The fraction of sp³-hybridized carbons (Fsp3) is 0.636. The predicted molar refractivity (Wildman–Crippen MR) is 71.7 cm³/mol. The lowest BCUT2D eigenvalue weighted by Gasteiger charge is -2.21. The van der Waals surface area contributed by atoms with Gasteiger partial charge in [-0.1, -0.05) is 6.92 Å². The summed E-state index contributed by atoms with van der Waals surface area (Å²) < 4.78 is 1.24. The Hall–Kier alpha value is 0.1000. The summed E-state index contributed by atoms with van der Waals surface area (Å²) in [5.41, 5.74) is 0.